The zero-order chi connectivity index (χ0) is 27.6. The number of hydrogen-bond acceptors (Lipinski definition) is 2. The Morgan fingerprint density at radius 1 is 0.684 bits per heavy atom. The van der Waals surface area contributed by atoms with Crippen molar-refractivity contribution in [3.05, 3.63) is 53.6 Å². The van der Waals surface area contributed by atoms with Gasteiger partial charge in [0.05, 0.1) is 11.2 Å². The maximum absolute atomic E-state index is 6.74. The monoisotopic (exact) mass is 516 g/mol. The molecule has 1 aliphatic carbocycles. The first-order valence-electron chi connectivity index (χ1n) is 15.7. The van der Waals surface area contributed by atoms with Gasteiger partial charge in [0.15, 0.2) is 0 Å². The van der Waals surface area contributed by atoms with E-state index in [9.17, 15) is 0 Å². The van der Waals surface area contributed by atoms with Gasteiger partial charge in [0.2, 0.25) is 0 Å². The van der Waals surface area contributed by atoms with Crippen LogP contribution in [-0.4, -0.2) is 18.3 Å². The molecule has 2 unspecified atom stereocenters. The lowest BCUT2D eigenvalue weighted by Crippen LogP contribution is -2.43. The minimum absolute atomic E-state index is 0.00501. The Morgan fingerprint density at radius 3 is 1.74 bits per heavy atom. The zero-order valence-electron chi connectivity index (χ0n) is 25.7. The Hall–Kier alpha value is -1.58. The molecule has 0 spiro atoms. The van der Waals surface area contributed by atoms with E-state index in [2.05, 4.69) is 97.9 Å². The van der Waals surface area contributed by atoms with Crippen molar-refractivity contribution in [2.45, 2.75) is 136 Å². The van der Waals surface area contributed by atoms with Gasteiger partial charge in [-0.1, -0.05) is 122 Å². The zero-order valence-corrected chi connectivity index (χ0v) is 25.7. The molecule has 4 rings (SSSR count). The van der Waals surface area contributed by atoms with E-state index in [0.717, 1.165) is 0 Å². The summed E-state index contributed by atoms with van der Waals surface area (Å²) >= 11 is 0. The molecule has 1 aliphatic heterocycles. The molecule has 0 saturated carbocycles. The van der Waals surface area contributed by atoms with Crippen molar-refractivity contribution in [1.29, 1.82) is 0 Å². The molecule has 38 heavy (non-hydrogen) atoms. The molecule has 1 fully saturated rings. The molecule has 2 aromatic rings. The molecular weight excluding hydrogens is 463 g/mol. The SMILES string of the molecule is CCCCC(CC)CC1(CC(CC)CCCC)c2ccccc2-c2cccc(B3OC(C)(C)C(C)(C)O3)c21. The van der Waals surface area contributed by atoms with Gasteiger partial charge in [0, 0.05) is 5.41 Å². The Bertz CT molecular complexity index is 1040. The molecule has 1 heterocycles. The average molecular weight is 517 g/mol. The third kappa shape index (κ3) is 5.40. The molecule has 2 atom stereocenters. The lowest BCUT2D eigenvalue weighted by Gasteiger charge is -2.40. The Labute approximate surface area is 234 Å². The van der Waals surface area contributed by atoms with Crippen LogP contribution in [0, 0.1) is 11.8 Å². The lowest BCUT2D eigenvalue weighted by atomic mass is 9.60. The number of benzene rings is 2. The number of hydrogen-bond donors (Lipinski definition) is 0. The smallest absolute Gasteiger partial charge is 0.399 e. The maximum atomic E-state index is 6.74. The third-order valence-electron chi connectivity index (χ3n) is 10.2. The van der Waals surface area contributed by atoms with Crippen LogP contribution in [-0.2, 0) is 14.7 Å². The van der Waals surface area contributed by atoms with E-state index in [1.54, 1.807) is 5.56 Å². The van der Waals surface area contributed by atoms with Crippen molar-refractivity contribution in [3.63, 3.8) is 0 Å². The third-order valence-corrected chi connectivity index (χ3v) is 10.2. The van der Waals surface area contributed by atoms with Crippen molar-refractivity contribution in [3.8, 4) is 11.1 Å². The predicted molar refractivity (Wildman–Crippen MR) is 164 cm³/mol. The highest BCUT2D eigenvalue weighted by Gasteiger charge is 2.55. The van der Waals surface area contributed by atoms with Gasteiger partial charge in [-0.25, -0.2) is 0 Å². The van der Waals surface area contributed by atoms with Crippen LogP contribution in [0.2, 0.25) is 0 Å². The van der Waals surface area contributed by atoms with Crippen LogP contribution in [0.3, 0.4) is 0 Å². The van der Waals surface area contributed by atoms with E-state index in [0.29, 0.717) is 11.8 Å². The Morgan fingerprint density at radius 2 is 1.21 bits per heavy atom. The molecule has 3 heteroatoms. The summed E-state index contributed by atoms with van der Waals surface area (Å²) in [4.78, 5) is 0. The molecule has 0 aromatic heterocycles. The van der Waals surface area contributed by atoms with E-state index in [1.807, 2.05) is 0 Å². The quantitative estimate of drug-likeness (QED) is 0.247. The second-order valence-corrected chi connectivity index (χ2v) is 13.2. The summed E-state index contributed by atoms with van der Waals surface area (Å²) < 4.78 is 13.5. The van der Waals surface area contributed by atoms with E-state index in [-0.39, 0.29) is 23.7 Å². The fraction of sp³-hybridized carbons (Fsp3) is 0.657. The van der Waals surface area contributed by atoms with Crippen LogP contribution in [0.1, 0.15) is 131 Å². The molecule has 0 radical (unpaired) electrons. The van der Waals surface area contributed by atoms with Gasteiger partial charge in [-0.05, 0) is 80.1 Å². The van der Waals surface area contributed by atoms with Crippen LogP contribution < -0.4 is 5.46 Å². The van der Waals surface area contributed by atoms with Crippen molar-refractivity contribution in [2.24, 2.45) is 11.8 Å². The van der Waals surface area contributed by atoms with Gasteiger partial charge in [-0.15, -0.1) is 0 Å². The number of unbranched alkanes of at least 4 members (excludes halogenated alkanes) is 2. The second kappa shape index (κ2) is 11.9. The largest absolute Gasteiger partial charge is 0.495 e. The first-order chi connectivity index (χ1) is 18.1. The first-order valence-corrected chi connectivity index (χ1v) is 15.7. The van der Waals surface area contributed by atoms with Gasteiger partial charge < -0.3 is 9.31 Å². The van der Waals surface area contributed by atoms with Crippen molar-refractivity contribution < 1.29 is 9.31 Å². The molecule has 0 bridgehead atoms. The predicted octanol–water partition coefficient (Wildman–Crippen LogP) is 9.47. The fourth-order valence-electron chi connectivity index (χ4n) is 7.14. The molecule has 0 N–H and O–H groups in total. The van der Waals surface area contributed by atoms with Gasteiger partial charge in [0.25, 0.3) is 0 Å². The second-order valence-electron chi connectivity index (χ2n) is 13.2. The molecule has 2 nitrogen and oxygen atoms in total. The van der Waals surface area contributed by atoms with Crippen molar-refractivity contribution in [2.75, 3.05) is 0 Å². The molecule has 2 aromatic carbocycles. The summed E-state index contributed by atoms with van der Waals surface area (Å²) in [5, 5.41) is 0. The lowest BCUT2D eigenvalue weighted by molar-refractivity contribution is 0.00578. The van der Waals surface area contributed by atoms with Gasteiger partial charge in [0.1, 0.15) is 0 Å². The van der Waals surface area contributed by atoms with Gasteiger partial charge >= 0.3 is 7.12 Å². The minimum atomic E-state index is -0.353. The molecule has 208 valence electrons. The van der Waals surface area contributed by atoms with Crippen LogP contribution in [0.4, 0.5) is 0 Å². The fourth-order valence-corrected chi connectivity index (χ4v) is 7.14. The molecular formula is C35H53BO2. The standard InChI is InChI=1S/C35H53BO2/c1-9-13-18-26(11-3)24-35(25-27(12-4)19-14-10-2)30-22-16-15-20-28(30)29-21-17-23-31(32(29)35)36-37-33(5,6)34(7,8)38-36/h15-17,20-23,26-27H,9-14,18-19,24-25H2,1-8H3. The van der Waals surface area contributed by atoms with Gasteiger partial charge in [-0.3, -0.25) is 0 Å². The number of rotatable bonds is 13. The molecule has 1 saturated heterocycles. The summed E-state index contributed by atoms with van der Waals surface area (Å²) in [7, 11) is -0.338. The van der Waals surface area contributed by atoms with Crippen molar-refractivity contribution >= 4 is 12.6 Å². The normalized spacial score (nSPS) is 22.8. The summed E-state index contributed by atoms with van der Waals surface area (Å²) in [5.74, 6) is 1.42. The topological polar surface area (TPSA) is 18.5 Å². The van der Waals surface area contributed by atoms with Crippen LogP contribution in [0.25, 0.3) is 11.1 Å². The summed E-state index contributed by atoms with van der Waals surface area (Å²) in [6.07, 6.45) is 12.7. The molecule has 2 aliphatic rings. The minimum Gasteiger partial charge on any atom is -0.399 e. The average Bonchev–Trinajstić information content (AvgIpc) is 3.30. The summed E-state index contributed by atoms with van der Waals surface area (Å²) in [5.41, 5.74) is 6.43. The molecule has 0 amide bonds. The number of fused-ring (bicyclic) bond motifs is 3. The van der Waals surface area contributed by atoms with Crippen LogP contribution >= 0.6 is 0 Å². The highest BCUT2D eigenvalue weighted by Crippen LogP contribution is 2.56. The van der Waals surface area contributed by atoms with E-state index >= 15 is 0 Å². The summed E-state index contributed by atoms with van der Waals surface area (Å²) in [6.45, 7) is 18.2. The Kier molecular flexibility index (Phi) is 9.20. The highest BCUT2D eigenvalue weighted by molar-refractivity contribution is 6.63. The summed E-state index contributed by atoms with van der Waals surface area (Å²) in [6, 6.07) is 16.2. The Balaban J connectivity index is 1.92. The highest BCUT2D eigenvalue weighted by atomic mass is 16.7. The van der Waals surface area contributed by atoms with E-state index in [1.165, 1.54) is 86.4 Å². The first kappa shape index (κ1) is 29.4. The van der Waals surface area contributed by atoms with Gasteiger partial charge in [-0.2, -0.15) is 0 Å². The van der Waals surface area contributed by atoms with E-state index in [4.69, 9.17) is 9.31 Å². The maximum Gasteiger partial charge on any atom is 0.495 e. The van der Waals surface area contributed by atoms with Crippen LogP contribution in [0.15, 0.2) is 42.5 Å². The van der Waals surface area contributed by atoms with Crippen LogP contribution in [0.5, 0.6) is 0 Å². The van der Waals surface area contributed by atoms with Crippen molar-refractivity contribution in [1.82, 2.24) is 0 Å². The van der Waals surface area contributed by atoms with E-state index < -0.39 is 0 Å².